The lowest BCUT2D eigenvalue weighted by atomic mass is 10.2. The van der Waals surface area contributed by atoms with Crippen molar-refractivity contribution in [3.63, 3.8) is 0 Å². The molecule has 9 heteroatoms. The van der Waals surface area contributed by atoms with Crippen molar-refractivity contribution in [2.75, 3.05) is 13.4 Å². The third kappa shape index (κ3) is 4.04. The molecule has 0 atom stereocenters. The zero-order valence-electron chi connectivity index (χ0n) is 13.3. The Kier molecular flexibility index (Phi) is 5.23. The predicted molar refractivity (Wildman–Crippen MR) is 89.9 cm³/mol. The summed E-state index contributed by atoms with van der Waals surface area (Å²) in [5.41, 5.74) is 4.86. The van der Waals surface area contributed by atoms with Crippen LogP contribution < -0.4 is 20.3 Å². The van der Waals surface area contributed by atoms with Crippen molar-refractivity contribution in [3.8, 4) is 11.5 Å². The van der Waals surface area contributed by atoms with Gasteiger partial charge in [-0.3, -0.25) is 20.4 Å². The summed E-state index contributed by atoms with van der Waals surface area (Å²) in [5.74, 6) is -1.29. The van der Waals surface area contributed by atoms with Crippen molar-refractivity contribution in [1.82, 2.24) is 10.9 Å². The molecular formula is C17H13ClN2O6. The predicted octanol–water partition coefficient (Wildman–Crippen LogP) is 1.69. The van der Waals surface area contributed by atoms with Gasteiger partial charge in [0.2, 0.25) is 6.79 Å². The van der Waals surface area contributed by atoms with E-state index < -0.39 is 24.4 Å². The highest BCUT2D eigenvalue weighted by Crippen LogP contribution is 2.39. The summed E-state index contributed by atoms with van der Waals surface area (Å²) >= 11 is 5.98. The second-order valence-electron chi connectivity index (χ2n) is 5.14. The molecule has 0 saturated heterocycles. The first-order chi connectivity index (χ1) is 12.5. The van der Waals surface area contributed by atoms with Crippen LogP contribution >= 0.6 is 11.6 Å². The van der Waals surface area contributed by atoms with Crippen LogP contribution in [0.5, 0.6) is 11.5 Å². The van der Waals surface area contributed by atoms with Gasteiger partial charge in [-0.15, -0.1) is 0 Å². The van der Waals surface area contributed by atoms with Crippen molar-refractivity contribution < 1.29 is 28.6 Å². The largest absolute Gasteiger partial charge is 0.454 e. The van der Waals surface area contributed by atoms with Crippen molar-refractivity contribution in [3.05, 3.63) is 58.6 Å². The molecule has 0 radical (unpaired) electrons. The zero-order chi connectivity index (χ0) is 18.5. The molecule has 134 valence electrons. The molecule has 8 nitrogen and oxygen atoms in total. The van der Waals surface area contributed by atoms with Crippen LogP contribution in [0, 0.1) is 0 Å². The molecule has 0 saturated carbocycles. The molecule has 1 aliphatic rings. The fourth-order valence-electron chi connectivity index (χ4n) is 2.12. The zero-order valence-corrected chi connectivity index (χ0v) is 14.0. The number of hydrogen-bond acceptors (Lipinski definition) is 6. The third-order valence-corrected chi connectivity index (χ3v) is 3.63. The Morgan fingerprint density at radius 1 is 1.04 bits per heavy atom. The maximum Gasteiger partial charge on any atom is 0.338 e. The lowest BCUT2D eigenvalue weighted by Gasteiger charge is -2.09. The van der Waals surface area contributed by atoms with Gasteiger partial charge in [0.05, 0.1) is 10.6 Å². The standard InChI is InChI=1S/C17H13ClN2O6/c18-12-6-11(7-13-15(12)26-9-25-13)17(23)24-8-14(21)19-20-16(22)10-4-2-1-3-5-10/h1-7H,8-9H2,(H,19,21)(H,20,22). The number of nitrogens with one attached hydrogen (secondary N) is 2. The number of amides is 2. The molecule has 2 aromatic rings. The minimum Gasteiger partial charge on any atom is -0.454 e. The lowest BCUT2D eigenvalue weighted by molar-refractivity contribution is -0.125. The SMILES string of the molecule is O=C(COC(=O)c1cc(Cl)c2c(c1)OCO2)NNC(=O)c1ccccc1. The van der Waals surface area contributed by atoms with E-state index in [0.717, 1.165) is 0 Å². The maximum absolute atomic E-state index is 12.0. The van der Waals surface area contributed by atoms with Crippen LogP contribution in [0.1, 0.15) is 20.7 Å². The minimum atomic E-state index is -0.769. The van der Waals surface area contributed by atoms with Crippen LogP contribution in [0.15, 0.2) is 42.5 Å². The fraction of sp³-hybridized carbons (Fsp3) is 0.118. The highest BCUT2D eigenvalue weighted by molar-refractivity contribution is 6.32. The Morgan fingerprint density at radius 2 is 1.81 bits per heavy atom. The topological polar surface area (TPSA) is 103 Å². The van der Waals surface area contributed by atoms with Gasteiger partial charge in [0.25, 0.3) is 11.8 Å². The summed E-state index contributed by atoms with van der Waals surface area (Å²) in [5, 5.41) is 0.200. The first kappa shape index (κ1) is 17.6. The number of ether oxygens (including phenoxy) is 3. The molecule has 2 amide bonds. The quantitative estimate of drug-likeness (QED) is 0.621. The summed E-state index contributed by atoms with van der Waals surface area (Å²) in [6, 6.07) is 11.1. The molecule has 0 bridgehead atoms. The second kappa shape index (κ2) is 7.75. The first-order valence-electron chi connectivity index (χ1n) is 7.45. The van der Waals surface area contributed by atoms with Crippen LogP contribution in [-0.4, -0.2) is 31.2 Å². The molecule has 0 aliphatic carbocycles. The summed E-state index contributed by atoms with van der Waals surface area (Å²) in [6.45, 7) is -0.572. The van der Waals surface area contributed by atoms with Gasteiger partial charge in [-0.2, -0.15) is 0 Å². The molecule has 26 heavy (non-hydrogen) atoms. The molecule has 0 fully saturated rings. The Balaban J connectivity index is 1.49. The van der Waals surface area contributed by atoms with E-state index in [-0.39, 0.29) is 17.4 Å². The lowest BCUT2D eigenvalue weighted by Crippen LogP contribution is -2.43. The summed E-state index contributed by atoms with van der Waals surface area (Å²) in [4.78, 5) is 35.5. The Labute approximate surface area is 153 Å². The number of hydrogen-bond donors (Lipinski definition) is 2. The number of benzene rings is 2. The van der Waals surface area contributed by atoms with Gasteiger partial charge in [-0.1, -0.05) is 29.8 Å². The molecule has 2 N–H and O–H groups in total. The molecule has 2 aromatic carbocycles. The van der Waals surface area contributed by atoms with E-state index in [9.17, 15) is 14.4 Å². The molecular weight excluding hydrogens is 364 g/mol. The molecule has 0 spiro atoms. The van der Waals surface area contributed by atoms with Gasteiger partial charge < -0.3 is 14.2 Å². The Morgan fingerprint density at radius 3 is 2.58 bits per heavy atom. The Bertz CT molecular complexity index is 856. The van der Waals surface area contributed by atoms with Gasteiger partial charge in [-0.25, -0.2) is 4.79 Å². The van der Waals surface area contributed by atoms with Gasteiger partial charge >= 0.3 is 5.97 Å². The maximum atomic E-state index is 12.0. The summed E-state index contributed by atoms with van der Waals surface area (Å²) < 4.78 is 15.2. The van der Waals surface area contributed by atoms with Crippen molar-refractivity contribution >= 4 is 29.4 Å². The van der Waals surface area contributed by atoms with Crippen LogP contribution in [0.25, 0.3) is 0 Å². The van der Waals surface area contributed by atoms with E-state index in [2.05, 4.69) is 10.9 Å². The highest BCUT2D eigenvalue weighted by atomic mass is 35.5. The average Bonchev–Trinajstić information content (AvgIpc) is 3.14. The van der Waals surface area contributed by atoms with E-state index in [1.807, 2.05) is 0 Å². The van der Waals surface area contributed by atoms with Gasteiger partial charge in [0, 0.05) is 5.56 Å². The van der Waals surface area contributed by atoms with E-state index in [4.69, 9.17) is 25.8 Å². The van der Waals surface area contributed by atoms with Crippen LogP contribution in [0.4, 0.5) is 0 Å². The first-order valence-corrected chi connectivity index (χ1v) is 7.83. The Hall–Kier alpha value is -3.26. The monoisotopic (exact) mass is 376 g/mol. The summed E-state index contributed by atoms with van der Waals surface area (Å²) in [6.07, 6.45) is 0. The van der Waals surface area contributed by atoms with Gasteiger partial charge in [0.15, 0.2) is 18.1 Å². The smallest absolute Gasteiger partial charge is 0.338 e. The number of carbonyl (C=O) groups is 3. The molecule has 0 aromatic heterocycles. The van der Waals surface area contributed by atoms with E-state index in [1.165, 1.54) is 12.1 Å². The molecule has 1 heterocycles. The average molecular weight is 377 g/mol. The molecule has 3 rings (SSSR count). The number of carbonyl (C=O) groups excluding carboxylic acids is 3. The fourth-order valence-corrected chi connectivity index (χ4v) is 2.39. The van der Waals surface area contributed by atoms with Crippen molar-refractivity contribution in [2.24, 2.45) is 0 Å². The number of esters is 1. The normalized spacial score (nSPS) is 11.6. The minimum absolute atomic E-state index is 0.0110. The molecule has 0 unspecified atom stereocenters. The van der Waals surface area contributed by atoms with Crippen LogP contribution in [0.2, 0.25) is 5.02 Å². The highest BCUT2D eigenvalue weighted by Gasteiger charge is 2.21. The second-order valence-corrected chi connectivity index (χ2v) is 5.54. The number of fused-ring (bicyclic) bond motifs is 1. The van der Waals surface area contributed by atoms with Gasteiger partial charge in [-0.05, 0) is 24.3 Å². The van der Waals surface area contributed by atoms with E-state index >= 15 is 0 Å². The number of rotatable bonds is 4. The summed E-state index contributed by atoms with van der Waals surface area (Å²) in [7, 11) is 0. The van der Waals surface area contributed by atoms with Gasteiger partial charge in [0.1, 0.15) is 0 Å². The van der Waals surface area contributed by atoms with Crippen LogP contribution in [-0.2, 0) is 9.53 Å². The molecule has 1 aliphatic heterocycles. The third-order valence-electron chi connectivity index (χ3n) is 3.35. The van der Waals surface area contributed by atoms with Crippen molar-refractivity contribution in [1.29, 1.82) is 0 Å². The number of hydrazine groups is 1. The number of halogens is 1. The van der Waals surface area contributed by atoms with E-state index in [1.54, 1.807) is 30.3 Å². The van der Waals surface area contributed by atoms with Crippen LogP contribution in [0.3, 0.4) is 0 Å². The van der Waals surface area contributed by atoms with E-state index in [0.29, 0.717) is 17.1 Å². The van der Waals surface area contributed by atoms with Crippen molar-refractivity contribution in [2.45, 2.75) is 0 Å².